The molecule has 3 rings (SSSR count). The fraction of sp³-hybridized carbons (Fsp3) is 0.125. The average molecular weight is 357 g/mol. The maximum absolute atomic E-state index is 11.8. The minimum Gasteiger partial charge on any atom is -0.345 e. The molecule has 8 nitrogen and oxygen atoms in total. The summed E-state index contributed by atoms with van der Waals surface area (Å²) in [6.45, 7) is -0.417. The molecule has 0 spiro atoms. The van der Waals surface area contributed by atoms with Crippen LogP contribution in [0.15, 0.2) is 41.8 Å². The standard InChI is InChI=1S/C16H15N5O3S/c22-13(8-18-15(24)12-6-3-7-25-12)17-9-14(23)21-16-19-10-4-1-2-5-11(10)20-16/h1-7H,8-9H2,(H,17,22)(H,18,24)(H2,19,20,21,23). The van der Waals surface area contributed by atoms with Crippen LogP contribution in [0.4, 0.5) is 5.95 Å². The van der Waals surface area contributed by atoms with E-state index in [1.807, 2.05) is 24.3 Å². The second kappa shape index (κ2) is 7.58. The quantitative estimate of drug-likeness (QED) is 0.529. The molecule has 0 fully saturated rings. The van der Waals surface area contributed by atoms with Crippen molar-refractivity contribution in [2.45, 2.75) is 0 Å². The van der Waals surface area contributed by atoms with Crippen LogP contribution in [0.5, 0.6) is 0 Å². The number of aromatic amines is 1. The number of para-hydroxylation sites is 2. The van der Waals surface area contributed by atoms with Crippen molar-refractivity contribution in [3.8, 4) is 0 Å². The van der Waals surface area contributed by atoms with Crippen molar-refractivity contribution in [3.63, 3.8) is 0 Å². The van der Waals surface area contributed by atoms with Crippen molar-refractivity contribution in [1.29, 1.82) is 0 Å². The summed E-state index contributed by atoms with van der Waals surface area (Å²) in [7, 11) is 0. The number of hydrogen-bond donors (Lipinski definition) is 4. The summed E-state index contributed by atoms with van der Waals surface area (Å²) in [5.74, 6) is -0.884. The van der Waals surface area contributed by atoms with Crippen LogP contribution in [0.2, 0.25) is 0 Å². The number of carbonyl (C=O) groups excluding carboxylic acids is 3. The zero-order valence-electron chi connectivity index (χ0n) is 13.0. The fourth-order valence-electron chi connectivity index (χ4n) is 2.09. The molecule has 1 aromatic carbocycles. The second-order valence-corrected chi connectivity index (χ2v) is 6.04. The van der Waals surface area contributed by atoms with E-state index in [1.54, 1.807) is 17.5 Å². The summed E-state index contributed by atoms with van der Waals surface area (Å²) in [5.41, 5.74) is 1.54. The number of hydrogen-bond acceptors (Lipinski definition) is 5. The molecule has 0 saturated carbocycles. The van der Waals surface area contributed by atoms with Gasteiger partial charge < -0.3 is 15.6 Å². The fourth-order valence-corrected chi connectivity index (χ4v) is 2.73. The Morgan fingerprint density at radius 2 is 1.80 bits per heavy atom. The Kier molecular flexibility index (Phi) is 5.05. The lowest BCUT2D eigenvalue weighted by Crippen LogP contribution is -2.40. The third kappa shape index (κ3) is 4.42. The van der Waals surface area contributed by atoms with E-state index in [9.17, 15) is 14.4 Å². The van der Waals surface area contributed by atoms with E-state index in [0.717, 1.165) is 11.0 Å². The topological polar surface area (TPSA) is 116 Å². The first-order chi connectivity index (χ1) is 12.1. The average Bonchev–Trinajstić information content (AvgIpc) is 3.26. The number of rotatable bonds is 6. The van der Waals surface area contributed by atoms with Gasteiger partial charge in [-0.2, -0.15) is 0 Å². The van der Waals surface area contributed by atoms with Crippen LogP contribution in [0.1, 0.15) is 9.67 Å². The molecule has 9 heteroatoms. The number of anilines is 1. The molecule has 0 atom stereocenters. The minimum atomic E-state index is -0.454. The van der Waals surface area contributed by atoms with Crippen molar-refractivity contribution < 1.29 is 14.4 Å². The lowest BCUT2D eigenvalue weighted by atomic mass is 10.3. The van der Waals surface area contributed by atoms with E-state index in [0.29, 0.717) is 10.8 Å². The van der Waals surface area contributed by atoms with Crippen molar-refractivity contribution >= 4 is 46.0 Å². The molecule has 25 heavy (non-hydrogen) atoms. The van der Waals surface area contributed by atoms with Crippen molar-refractivity contribution in [2.24, 2.45) is 0 Å². The highest BCUT2D eigenvalue weighted by atomic mass is 32.1. The first-order valence-electron chi connectivity index (χ1n) is 7.45. The number of carbonyl (C=O) groups is 3. The molecule has 2 aromatic heterocycles. The molecule has 3 amide bonds. The largest absolute Gasteiger partial charge is 0.345 e. The van der Waals surface area contributed by atoms with Crippen molar-refractivity contribution in [3.05, 3.63) is 46.7 Å². The van der Waals surface area contributed by atoms with Gasteiger partial charge in [0.15, 0.2) is 0 Å². The third-order valence-electron chi connectivity index (χ3n) is 3.25. The Bertz CT molecular complexity index is 871. The molecule has 0 aliphatic rings. The van der Waals surface area contributed by atoms with Gasteiger partial charge >= 0.3 is 0 Å². The van der Waals surface area contributed by atoms with Crippen LogP contribution in [0, 0.1) is 0 Å². The Balaban J connectivity index is 1.42. The highest BCUT2D eigenvalue weighted by Crippen LogP contribution is 2.12. The minimum absolute atomic E-state index is 0.200. The van der Waals surface area contributed by atoms with Crippen LogP contribution in [0.25, 0.3) is 11.0 Å². The van der Waals surface area contributed by atoms with Crippen LogP contribution < -0.4 is 16.0 Å². The van der Waals surface area contributed by atoms with Gasteiger partial charge in [0.2, 0.25) is 17.8 Å². The van der Waals surface area contributed by atoms with Crippen molar-refractivity contribution in [1.82, 2.24) is 20.6 Å². The number of fused-ring (bicyclic) bond motifs is 1. The monoisotopic (exact) mass is 357 g/mol. The summed E-state index contributed by atoms with van der Waals surface area (Å²) >= 11 is 1.29. The maximum atomic E-state index is 11.8. The molecule has 0 bridgehead atoms. The van der Waals surface area contributed by atoms with Gasteiger partial charge in [0.05, 0.1) is 29.0 Å². The second-order valence-electron chi connectivity index (χ2n) is 5.09. The van der Waals surface area contributed by atoms with Crippen molar-refractivity contribution in [2.75, 3.05) is 18.4 Å². The van der Waals surface area contributed by atoms with E-state index < -0.39 is 11.8 Å². The highest BCUT2D eigenvalue weighted by molar-refractivity contribution is 7.12. The third-order valence-corrected chi connectivity index (χ3v) is 4.12. The van der Waals surface area contributed by atoms with Gasteiger partial charge in [-0.3, -0.25) is 19.7 Å². The summed E-state index contributed by atoms with van der Waals surface area (Å²) < 4.78 is 0. The molecule has 0 aliphatic heterocycles. The van der Waals surface area contributed by atoms with Gasteiger partial charge in [-0.05, 0) is 23.6 Å². The molecular weight excluding hydrogens is 342 g/mol. The van der Waals surface area contributed by atoms with E-state index in [2.05, 4.69) is 25.9 Å². The smallest absolute Gasteiger partial charge is 0.261 e. The first-order valence-corrected chi connectivity index (χ1v) is 8.33. The van der Waals surface area contributed by atoms with Gasteiger partial charge in [-0.15, -0.1) is 11.3 Å². The summed E-state index contributed by atoms with van der Waals surface area (Å²) in [6, 6.07) is 10.8. The first kappa shape index (κ1) is 16.7. The summed E-state index contributed by atoms with van der Waals surface area (Å²) in [4.78, 5) is 42.9. The number of benzene rings is 1. The predicted molar refractivity (Wildman–Crippen MR) is 94.4 cm³/mol. The molecule has 2 heterocycles. The molecule has 128 valence electrons. The molecule has 0 radical (unpaired) electrons. The molecule has 0 saturated heterocycles. The number of thiophene rings is 1. The molecule has 4 N–H and O–H groups in total. The van der Waals surface area contributed by atoms with E-state index in [1.165, 1.54) is 11.3 Å². The van der Waals surface area contributed by atoms with Gasteiger partial charge in [0, 0.05) is 0 Å². The lowest BCUT2D eigenvalue weighted by Gasteiger charge is -2.06. The van der Waals surface area contributed by atoms with E-state index >= 15 is 0 Å². The lowest BCUT2D eigenvalue weighted by molar-refractivity contribution is -0.123. The normalized spacial score (nSPS) is 10.4. The highest BCUT2D eigenvalue weighted by Gasteiger charge is 2.11. The van der Waals surface area contributed by atoms with E-state index in [-0.39, 0.29) is 19.0 Å². The zero-order valence-corrected chi connectivity index (χ0v) is 13.9. The van der Waals surface area contributed by atoms with Crippen LogP contribution >= 0.6 is 11.3 Å². The van der Waals surface area contributed by atoms with Crippen LogP contribution in [0.3, 0.4) is 0 Å². The van der Waals surface area contributed by atoms with Crippen LogP contribution in [-0.2, 0) is 9.59 Å². The Hall–Kier alpha value is -3.20. The Labute approximate surface area is 146 Å². The van der Waals surface area contributed by atoms with Gasteiger partial charge in [-0.1, -0.05) is 18.2 Å². The van der Waals surface area contributed by atoms with E-state index in [4.69, 9.17) is 0 Å². The number of imidazole rings is 1. The van der Waals surface area contributed by atoms with Gasteiger partial charge in [0.1, 0.15) is 0 Å². The van der Waals surface area contributed by atoms with Crippen LogP contribution in [-0.4, -0.2) is 40.8 Å². The number of H-pyrrole nitrogens is 1. The Morgan fingerprint density at radius 1 is 1.00 bits per heavy atom. The predicted octanol–water partition coefficient (Wildman–Crippen LogP) is 1.11. The summed E-state index contributed by atoms with van der Waals surface area (Å²) in [6.07, 6.45) is 0. The molecular formula is C16H15N5O3S. The zero-order chi connectivity index (χ0) is 17.6. The maximum Gasteiger partial charge on any atom is 0.261 e. The number of aromatic nitrogens is 2. The summed E-state index contributed by atoms with van der Waals surface area (Å²) in [5, 5.41) is 9.26. The van der Waals surface area contributed by atoms with Gasteiger partial charge in [0.25, 0.3) is 5.91 Å². The molecule has 0 unspecified atom stereocenters. The SMILES string of the molecule is O=C(CNC(=O)c1cccs1)NCC(=O)Nc1nc2ccccc2[nH]1. The Morgan fingerprint density at radius 3 is 2.56 bits per heavy atom. The number of amides is 3. The molecule has 0 aliphatic carbocycles. The number of nitrogens with zero attached hydrogens (tertiary/aromatic N) is 1. The van der Waals surface area contributed by atoms with Gasteiger partial charge in [-0.25, -0.2) is 4.98 Å². The number of nitrogens with one attached hydrogen (secondary N) is 4. The molecule has 3 aromatic rings.